The van der Waals surface area contributed by atoms with Crippen LogP contribution in [0.4, 0.5) is 0 Å². The number of carbonyl (C=O) groups excluding carboxylic acids is 1. The maximum atomic E-state index is 13.2. The van der Waals surface area contributed by atoms with Crippen molar-refractivity contribution in [3.8, 4) is 12.1 Å². The van der Waals surface area contributed by atoms with Crippen LogP contribution in [-0.2, 0) is 4.79 Å². The number of rotatable bonds is 2. The third kappa shape index (κ3) is 2.98. The molecule has 3 aromatic rings. The Morgan fingerprint density at radius 2 is 1.54 bits per heavy atom. The second-order valence-electron chi connectivity index (χ2n) is 7.17. The van der Waals surface area contributed by atoms with Crippen molar-refractivity contribution in [1.82, 2.24) is 0 Å². The van der Waals surface area contributed by atoms with Crippen molar-refractivity contribution in [3.63, 3.8) is 0 Å². The summed E-state index contributed by atoms with van der Waals surface area (Å²) >= 11 is 0. The fraction of sp³-hybridized carbons (Fsp3) is 0.160. The Kier molecular flexibility index (Phi) is 4.52. The molecular weight excluding hydrogens is 344 g/mol. The van der Waals surface area contributed by atoms with E-state index in [0.29, 0.717) is 5.57 Å². The number of benzene rings is 3. The third-order valence-electron chi connectivity index (χ3n) is 5.57. The van der Waals surface area contributed by atoms with Crippen LogP contribution in [0.3, 0.4) is 0 Å². The number of carbonyl (C=O) groups is 1. The molecule has 0 saturated carbocycles. The maximum Gasteiger partial charge on any atom is 0.163 e. The van der Waals surface area contributed by atoms with Gasteiger partial charge < -0.3 is 0 Å². The molecule has 1 aliphatic rings. The Bertz CT molecular complexity index is 1150. The summed E-state index contributed by atoms with van der Waals surface area (Å²) in [6.07, 6.45) is 2.15. The number of hydrogen-bond acceptors (Lipinski definition) is 3. The van der Waals surface area contributed by atoms with Crippen molar-refractivity contribution >= 4 is 22.1 Å². The summed E-state index contributed by atoms with van der Waals surface area (Å²) in [5.74, 6) is -0.484. The average Bonchev–Trinajstić information content (AvgIpc) is 2.90. The van der Waals surface area contributed by atoms with E-state index in [9.17, 15) is 15.3 Å². The van der Waals surface area contributed by atoms with E-state index >= 15 is 0 Å². The Morgan fingerprint density at radius 3 is 2.25 bits per heavy atom. The van der Waals surface area contributed by atoms with Gasteiger partial charge in [0.15, 0.2) is 11.2 Å². The lowest BCUT2D eigenvalue weighted by molar-refractivity contribution is -0.114. The number of nitriles is 2. The fourth-order valence-electron chi connectivity index (χ4n) is 3.98. The molecule has 0 N–H and O–H groups in total. The molecule has 3 aromatic carbocycles. The van der Waals surface area contributed by atoms with E-state index in [4.69, 9.17) is 0 Å². The standard InChI is InChI=1S/C25H18N2O/c26-16-25(17-27)13-12-22(21-11-10-18-6-4-5-9-20(18)14-21)24(28)15-23(25)19-7-2-1-3-8-19/h1-12,14,23H,13,15H2/t23-/m0/s1. The van der Waals surface area contributed by atoms with E-state index < -0.39 is 11.3 Å². The van der Waals surface area contributed by atoms with Crippen LogP contribution in [0.1, 0.15) is 29.9 Å². The zero-order chi connectivity index (χ0) is 19.6. The number of ketones is 1. The number of Topliss-reactive ketones (excluding diaryl/α,β-unsaturated/α-hetero) is 1. The van der Waals surface area contributed by atoms with Gasteiger partial charge in [0.2, 0.25) is 0 Å². The summed E-state index contributed by atoms with van der Waals surface area (Å²) in [6, 6.07) is 27.8. The average molecular weight is 362 g/mol. The minimum Gasteiger partial charge on any atom is -0.294 e. The molecule has 4 rings (SSSR count). The lowest BCUT2D eigenvalue weighted by Gasteiger charge is -2.26. The SMILES string of the molecule is N#CC1(C#N)CC=C(c2ccc3ccccc3c2)C(=O)C[C@H]1c1ccccc1. The molecule has 0 aromatic heterocycles. The van der Waals surface area contributed by atoms with Crippen molar-refractivity contribution in [2.75, 3.05) is 0 Å². The zero-order valence-corrected chi connectivity index (χ0v) is 15.3. The molecule has 0 fully saturated rings. The quantitative estimate of drug-likeness (QED) is 0.613. The van der Waals surface area contributed by atoms with Gasteiger partial charge in [-0.1, -0.05) is 72.8 Å². The van der Waals surface area contributed by atoms with E-state index in [0.717, 1.165) is 21.9 Å². The largest absolute Gasteiger partial charge is 0.294 e. The molecule has 1 atom stereocenters. The molecule has 0 spiro atoms. The van der Waals surface area contributed by atoms with Gasteiger partial charge >= 0.3 is 0 Å². The first kappa shape index (κ1) is 17.7. The first-order valence-corrected chi connectivity index (χ1v) is 9.27. The molecule has 0 unspecified atom stereocenters. The molecule has 0 aliphatic heterocycles. The Balaban J connectivity index is 1.79. The van der Waals surface area contributed by atoms with Crippen LogP contribution in [0.2, 0.25) is 0 Å². The Morgan fingerprint density at radius 1 is 0.857 bits per heavy atom. The summed E-state index contributed by atoms with van der Waals surface area (Å²) < 4.78 is 0. The smallest absolute Gasteiger partial charge is 0.163 e. The molecule has 134 valence electrons. The normalized spacial score (nSPS) is 18.6. The zero-order valence-electron chi connectivity index (χ0n) is 15.3. The van der Waals surface area contributed by atoms with Crippen molar-refractivity contribution in [1.29, 1.82) is 10.5 Å². The van der Waals surface area contributed by atoms with E-state index in [1.165, 1.54) is 0 Å². The maximum absolute atomic E-state index is 13.2. The van der Waals surface area contributed by atoms with Gasteiger partial charge in [0.25, 0.3) is 0 Å². The second-order valence-corrected chi connectivity index (χ2v) is 7.17. The van der Waals surface area contributed by atoms with Gasteiger partial charge in [0.1, 0.15) is 0 Å². The predicted octanol–water partition coefficient (Wildman–Crippen LogP) is 5.40. The van der Waals surface area contributed by atoms with Crippen molar-refractivity contribution in [3.05, 3.63) is 90.0 Å². The van der Waals surface area contributed by atoms with E-state index in [1.807, 2.05) is 72.8 Å². The summed E-state index contributed by atoms with van der Waals surface area (Å²) in [4.78, 5) is 13.2. The lowest BCUT2D eigenvalue weighted by Crippen LogP contribution is -2.26. The minimum absolute atomic E-state index is 0.0310. The van der Waals surface area contributed by atoms with E-state index in [1.54, 1.807) is 6.08 Å². The minimum atomic E-state index is -1.25. The summed E-state index contributed by atoms with van der Waals surface area (Å²) in [6.45, 7) is 0. The van der Waals surface area contributed by atoms with Crippen LogP contribution < -0.4 is 0 Å². The first-order valence-electron chi connectivity index (χ1n) is 9.27. The van der Waals surface area contributed by atoms with Crippen LogP contribution in [-0.4, -0.2) is 5.78 Å². The monoisotopic (exact) mass is 362 g/mol. The Labute approximate surface area is 164 Å². The second kappa shape index (κ2) is 7.14. The van der Waals surface area contributed by atoms with Crippen molar-refractivity contribution in [2.24, 2.45) is 5.41 Å². The topological polar surface area (TPSA) is 64.7 Å². The van der Waals surface area contributed by atoms with Crippen molar-refractivity contribution in [2.45, 2.75) is 18.8 Å². The molecule has 28 heavy (non-hydrogen) atoms. The highest BCUT2D eigenvalue weighted by atomic mass is 16.1. The lowest BCUT2D eigenvalue weighted by atomic mass is 9.71. The molecule has 0 bridgehead atoms. The number of fused-ring (bicyclic) bond motifs is 1. The molecule has 3 nitrogen and oxygen atoms in total. The molecule has 0 radical (unpaired) electrons. The van der Waals surface area contributed by atoms with Gasteiger partial charge in [-0.3, -0.25) is 4.79 Å². The molecule has 0 saturated heterocycles. The number of allylic oxidation sites excluding steroid dienone is 2. The van der Waals surface area contributed by atoms with Crippen LogP contribution >= 0.6 is 0 Å². The highest BCUT2D eigenvalue weighted by Gasteiger charge is 2.43. The van der Waals surface area contributed by atoms with Crippen LogP contribution in [0.15, 0.2) is 78.9 Å². The van der Waals surface area contributed by atoms with E-state index in [2.05, 4.69) is 12.1 Å². The van der Waals surface area contributed by atoms with Gasteiger partial charge in [-0.2, -0.15) is 10.5 Å². The fourth-order valence-corrected chi connectivity index (χ4v) is 3.98. The predicted molar refractivity (Wildman–Crippen MR) is 109 cm³/mol. The molecule has 0 heterocycles. The van der Waals surface area contributed by atoms with Crippen LogP contribution in [0.5, 0.6) is 0 Å². The van der Waals surface area contributed by atoms with E-state index in [-0.39, 0.29) is 18.6 Å². The van der Waals surface area contributed by atoms with Crippen molar-refractivity contribution < 1.29 is 4.79 Å². The van der Waals surface area contributed by atoms with Gasteiger partial charge in [-0.15, -0.1) is 0 Å². The Hall–Kier alpha value is -3.69. The van der Waals surface area contributed by atoms with Gasteiger partial charge in [-0.05, 0) is 34.4 Å². The molecule has 0 amide bonds. The first-order chi connectivity index (χ1) is 13.7. The van der Waals surface area contributed by atoms with Gasteiger partial charge in [0, 0.05) is 17.9 Å². The summed E-state index contributed by atoms with van der Waals surface area (Å²) in [5, 5.41) is 21.9. The van der Waals surface area contributed by atoms with Gasteiger partial charge in [-0.25, -0.2) is 0 Å². The summed E-state index contributed by atoms with van der Waals surface area (Å²) in [7, 11) is 0. The number of hydrogen-bond donors (Lipinski definition) is 0. The molecule has 3 heteroatoms. The highest BCUT2D eigenvalue weighted by molar-refractivity contribution is 6.21. The van der Waals surface area contributed by atoms with Crippen LogP contribution in [0, 0.1) is 28.1 Å². The molecular formula is C25H18N2O. The third-order valence-corrected chi connectivity index (χ3v) is 5.57. The highest BCUT2D eigenvalue weighted by Crippen LogP contribution is 2.45. The molecule has 1 aliphatic carbocycles. The number of nitrogens with zero attached hydrogens (tertiary/aromatic N) is 2. The van der Waals surface area contributed by atoms with Crippen LogP contribution in [0.25, 0.3) is 16.3 Å². The van der Waals surface area contributed by atoms with Gasteiger partial charge in [0.05, 0.1) is 12.1 Å². The summed E-state index contributed by atoms with van der Waals surface area (Å²) in [5.41, 5.74) is 1.03.